The molecule has 0 aromatic heterocycles. The van der Waals surface area contributed by atoms with Gasteiger partial charge in [-0.15, -0.1) is 0 Å². The molecule has 2 aromatic rings. The van der Waals surface area contributed by atoms with Gasteiger partial charge in [0.25, 0.3) is 11.8 Å². The smallest absolute Gasteiger partial charge is 0.328 e. The fraction of sp³-hybridized carbons (Fsp3) is 0.333. The van der Waals surface area contributed by atoms with Crippen LogP contribution in [0.2, 0.25) is 0 Å². The Labute approximate surface area is 186 Å². The molecule has 0 saturated heterocycles. The van der Waals surface area contributed by atoms with Crippen LogP contribution in [0.4, 0.5) is 0 Å². The van der Waals surface area contributed by atoms with Crippen LogP contribution in [0, 0.1) is 11.8 Å². The lowest BCUT2D eigenvalue weighted by atomic mass is 10.0. The topological polar surface area (TPSA) is 111 Å². The molecule has 2 N–H and O–H groups in total. The van der Waals surface area contributed by atoms with E-state index in [4.69, 9.17) is 9.47 Å². The largest absolute Gasteiger partial charge is 0.467 e. The highest BCUT2D eigenvalue weighted by Crippen LogP contribution is 2.45. The van der Waals surface area contributed by atoms with E-state index in [2.05, 4.69) is 10.6 Å². The number of amides is 2. The second-order valence-corrected chi connectivity index (χ2v) is 7.65. The van der Waals surface area contributed by atoms with Crippen molar-refractivity contribution in [3.8, 4) is 0 Å². The summed E-state index contributed by atoms with van der Waals surface area (Å²) in [6, 6.07) is 15.4. The van der Waals surface area contributed by atoms with Gasteiger partial charge in [0.2, 0.25) is 0 Å². The predicted octanol–water partition coefficient (Wildman–Crippen LogP) is 1.96. The Hall–Kier alpha value is -3.68. The summed E-state index contributed by atoms with van der Waals surface area (Å²) < 4.78 is 9.73. The zero-order valence-corrected chi connectivity index (χ0v) is 17.9. The number of benzene rings is 2. The molecule has 8 heteroatoms. The van der Waals surface area contributed by atoms with Crippen LogP contribution in [0.15, 0.2) is 60.7 Å². The summed E-state index contributed by atoms with van der Waals surface area (Å²) in [6.07, 6.45) is 0.883. The average molecular weight is 438 g/mol. The lowest BCUT2D eigenvalue weighted by Crippen LogP contribution is -2.45. The molecular weight excluding hydrogens is 412 g/mol. The fourth-order valence-corrected chi connectivity index (χ4v) is 3.72. The molecule has 1 fully saturated rings. The molecular formula is C24H26N2O6. The first kappa shape index (κ1) is 23.0. The quantitative estimate of drug-likeness (QED) is 0.579. The van der Waals surface area contributed by atoms with Crippen molar-refractivity contribution in [2.75, 3.05) is 14.2 Å². The van der Waals surface area contributed by atoms with Crippen LogP contribution in [-0.4, -0.2) is 50.1 Å². The van der Waals surface area contributed by atoms with Gasteiger partial charge in [0.15, 0.2) is 0 Å². The highest BCUT2D eigenvalue weighted by atomic mass is 16.5. The van der Waals surface area contributed by atoms with Crippen LogP contribution in [-0.2, 0) is 19.1 Å². The molecule has 1 aliphatic rings. The van der Waals surface area contributed by atoms with Gasteiger partial charge in [-0.25, -0.2) is 9.59 Å². The molecule has 0 heterocycles. The predicted molar refractivity (Wildman–Crippen MR) is 116 cm³/mol. The number of methoxy groups -OCH3 is 2. The van der Waals surface area contributed by atoms with Crippen molar-refractivity contribution in [2.24, 2.45) is 11.8 Å². The van der Waals surface area contributed by atoms with Gasteiger partial charge in [-0.2, -0.15) is 0 Å². The number of esters is 2. The van der Waals surface area contributed by atoms with Crippen LogP contribution in [0.25, 0.3) is 0 Å². The summed E-state index contributed by atoms with van der Waals surface area (Å²) >= 11 is 0. The fourth-order valence-electron chi connectivity index (χ4n) is 3.72. The van der Waals surface area contributed by atoms with Gasteiger partial charge in [0, 0.05) is 11.1 Å². The number of hydrogen-bond donors (Lipinski definition) is 2. The van der Waals surface area contributed by atoms with Crippen molar-refractivity contribution < 1.29 is 28.7 Å². The lowest BCUT2D eigenvalue weighted by Gasteiger charge is -2.19. The molecule has 3 unspecified atom stereocenters. The highest BCUT2D eigenvalue weighted by Gasteiger charge is 2.49. The van der Waals surface area contributed by atoms with E-state index in [1.54, 1.807) is 60.7 Å². The second kappa shape index (κ2) is 10.6. The monoisotopic (exact) mass is 438 g/mol. The molecule has 0 bridgehead atoms. The van der Waals surface area contributed by atoms with E-state index < -0.39 is 24.0 Å². The SMILES string of the molecule is COC(=O)C(NC(=O)c1ccccc1)C1CC1C[C@H](NC(=O)c1ccccc1)C(=O)OC. The second-order valence-electron chi connectivity index (χ2n) is 7.65. The minimum atomic E-state index is -0.870. The number of rotatable bonds is 9. The molecule has 1 aliphatic carbocycles. The van der Waals surface area contributed by atoms with Crippen molar-refractivity contribution >= 4 is 23.8 Å². The zero-order chi connectivity index (χ0) is 23.1. The molecule has 4 atom stereocenters. The summed E-state index contributed by atoms with van der Waals surface area (Å²) in [7, 11) is 2.52. The third kappa shape index (κ3) is 5.72. The zero-order valence-electron chi connectivity index (χ0n) is 17.9. The maximum absolute atomic E-state index is 12.5. The van der Waals surface area contributed by atoms with Gasteiger partial charge in [-0.3, -0.25) is 9.59 Å². The van der Waals surface area contributed by atoms with E-state index >= 15 is 0 Å². The van der Waals surface area contributed by atoms with E-state index in [0.29, 0.717) is 17.5 Å². The van der Waals surface area contributed by atoms with Crippen molar-refractivity contribution in [1.82, 2.24) is 10.6 Å². The Kier molecular flexibility index (Phi) is 7.59. The van der Waals surface area contributed by atoms with Crippen molar-refractivity contribution in [2.45, 2.75) is 24.9 Å². The molecule has 0 radical (unpaired) electrons. The summed E-state index contributed by atoms with van der Waals surface area (Å²) in [4.78, 5) is 49.7. The van der Waals surface area contributed by atoms with Crippen LogP contribution in [0.3, 0.4) is 0 Å². The molecule has 0 spiro atoms. The standard InChI is InChI=1S/C24H26N2O6/c1-31-23(29)19(25-21(27)15-9-5-3-6-10-15)14-17-13-18(17)20(24(30)32-2)26-22(28)16-11-7-4-8-12-16/h3-12,17-20H,13-14H2,1-2H3,(H,25,27)(H,26,28)/t17?,18?,19-,20?/m0/s1. The van der Waals surface area contributed by atoms with Crippen molar-refractivity contribution in [1.29, 1.82) is 0 Å². The minimum absolute atomic E-state index is 0.0738. The number of carbonyl (C=O) groups excluding carboxylic acids is 4. The average Bonchev–Trinajstić information content (AvgIpc) is 3.60. The van der Waals surface area contributed by atoms with Gasteiger partial charge in [-0.1, -0.05) is 36.4 Å². The number of nitrogens with one attached hydrogen (secondary N) is 2. The Morgan fingerprint density at radius 2 is 1.31 bits per heavy atom. The summed E-state index contributed by atoms with van der Waals surface area (Å²) in [5.41, 5.74) is 0.859. The van der Waals surface area contributed by atoms with Gasteiger partial charge in [-0.05, 0) is 48.9 Å². The van der Waals surface area contributed by atoms with E-state index in [0.717, 1.165) is 0 Å². The number of carbonyl (C=O) groups is 4. The van der Waals surface area contributed by atoms with E-state index in [-0.39, 0.29) is 30.1 Å². The molecule has 168 valence electrons. The van der Waals surface area contributed by atoms with Crippen LogP contribution in [0.5, 0.6) is 0 Å². The Morgan fingerprint density at radius 3 is 1.81 bits per heavy atom. The van der Waals surface area contributed by atoms with Crippen LogP contribution >= 0.6 is 0 Å². The molecule has 32 heavy (non-hydrogen) atoms. The molecule has 3 rings (SSSR count). The van der Waals surface area contributed by atoms with Gasteiger partial charge >= 0.3 is 11.9 Å². The van der Waals surface area contributed by atoms with Gasteiger partial charge in [0.05, 0.1) is 14.2 Å². The third-order valence-corrected chi connectivity index (χ3v) is 5.55. The number of hydrogen-bond acceptors (Lipinski definition) is 6. The van der Waals surface area contributed by atoms with Crippen LogP contribution in [0.1, 0.15) is 33.6 Å². The maximum Gasteiger partial charge on any atom is 0.328 e. The highest BCUT2D eigenvalue weighted by molar-refractivity contribution is 5.97. The first-order chi connectivity index (χ1) is 15.4. The Balaban J connectivity index is 1.66. The summed E-state index contributed by atoms with van der Waals surface area (Å²) in [6.45, 7) is 0. The molecule has 8 nitrogen and oxygen atoms in total. The molecule has 2 amide bonds. The van der Waals surface area contributed by atoms with Crippen molar-refractivity contribution in [3.05, 3.63) is 71.8 Å². The molecule has 2 aromatic carbocycles. The minimum Gasteiger partial charge on any atom is -0.467 e. The summed E-state index contributed by atoms with van der Waals surface area (Å²) in [5.74, 6) is -2.17. The normalized spacial score (nSPS) is 18.6. The van der Waals surface area contributed by atoms with Gasteiger partial charge in [0.1, 0.15) is 12.1 Å². The van der Waals surface area contributed by atoms with Gasteiger partial charge < -0.3 is 20.1 Å². The van der Waals surface area contributed by atoms with E-state index in [9.17, 15) is 19.2 Å². The first-order valence-corrected chi connectivity index (χ1v) is 10.3. The molecule has 0 aliphatic heterocycles. The van der Waals surface area contributed by atoms with Crippen molar-refractivity contribution in [3.63, 3.8) is 0 Å². The van der Waals surface area contributed by atoms with E-state index in [1.165, 1.54) is 14.2 Å². The first-order valence-electron chi connectivity index (χ1n) is 10.3. The summed E-state index contributed by atoms with van der Waals surface area (Å²) in [5, 5.41) is 5.45. The maximum atomic E-state index is 12.5. The van der Waals surface area contributed by atoms with Crippen LogP contribution < -0.4 is 10.6 Å². The Morgan fingerprint density at radius 1 is 0.812 bits per heavy atom. The lowest BCUT2D eigenvalue weighted by molar-refractivity contribution is -0.143. The number of ether oxygens (including phenoxy) is 2. The Bertz CT molecular complexity index is 963. The third-order valence-electron chi connectivity index (χ3n) is 5.55. The van der Waals surface area contributed by atoms with E-state index in [1.807, 2.05) is 0 Å². The molecule has 1 saturated carbocycles.